The van der Waals surface area contributed by atoms with Gasteiger partial charge >= 0.3 is 18.0 Å². The molecule has 9 nitrogen and oxygen atoms in total. The first-order chi connectivity index (χ1) is 13.6. The average molecular weight is 408 g/mol. The molecule has 1 aliphatic rings. The zero-order valence-electron chi connectivity index (χ0n) is 16.9. The SMILES string of the molecule is CC(C)(C)OC(=O)C[C@@H](NC1(CNC(=O)OCc2ccccc2)COC1)C(=O)O. The van der Waals surface area contributed by atoms with Crippen LogP contribution in [0.5, 0.6) is 0 Å². The number of ether oxygens (including phenoxy) is 3. The van der Waals surface area contributed by atoms with Gasteiger partial charge in [-0.05, 0) is 26.3 Å². The third-order valence-electron chi connectivity index (χ3n) is 4.11. The Kier molecular flexibility index (Phi) is 7.58. The number of carboxylic acid groups (broad SMARTS) is 1. The highest BCUT2D eigenvalue weighted by atomic mass is 16.6. The van der Waals surface area contributed by atoms with E-state index >= 15 is 0 Å². The molecule has 1 heterocycles. The second-order valence-electron chi connectivity index (χ2n) is 8.01. The number of nitrogens with one attached hydrogen (secondary N) is 2. The van der Waals surface area contributed by atoms with Gasteiger partial charge in [0.2, 0.25) is 0 Å². The van der Waals surface area contributed by atoms with E-state index in [-0.39, 0.29) is 32.8 Å². The second kappa shape index (κ2) is 9.71. The van der Waals surface area contributed by atoms with Crippen molar-refractivity contribution in [3.05, 3.63) is 35.9 Å². The number of carbonyl (C=O) groups excluding carboxylic acids is 2. The molecule has 0 aliphatic carbocycles. The summed E-state index contributed by atoms with van der Waals surface area (Å²) in [4.78, 5) is 35.6. The van der Waals surface area contributed by atoms with Crippen molar-refractivity contribution in [2.75, 3.05) is 19.8 Å². The molecule has 9 heteroatoms. The molecule has 160 valence electrons. The Morgan fingerprint density at radius 3 is 2.38 bits per heavy atom. The number of hydrogen-bond acceptors (Lipinski definition) is 7. The molecule has 29 heavy (non-hydrogen) atoms. The van der Waals surface area contributed by atoms with Crippen molar-refractivity contribution < 1.29 is 33.7 Å². The fourth-order valence-electron chi connectivity index (χ4n) is 2.72. The molecule has 1 aromatic rings. The summed E-state index contributed by atoms with van der Waals surface area (Å²) >= 11 is 0. The van der Waals surface area contributed by atoms with Gasteiger partial charge in [-0.25, -0.2) is 4.79 Å². The zero-order chi connectivity index (χ0) is 21.5. The van der Waals surface area contributed by atoms with E-state index in [9.17, 15) is 19.5 Å². The zero-order valence-corrected chi connectivity index (χ0v) is 16.9. The summed E-state index contributed by atoms with van der Waals surface area (Å²) < 4.78 is 15.6. The monoisotopic (exact) mass is 408 g/mol. The van der Waals surface area contributed by atoms with Crippen LogP contribution >= 0.6 is 0 Å². The molecule has 1 aromatic carbocycles. The summed E-state index contributed by atoms with van der Waals surface area (Å²) in [6.07, 6.45) is -0.965. The maximum Gasteiger partial charge on any atom is 0.407 e. The van der Waals surface area contributed by atoms with Crippen LogP contribution in [0.25, 0.3) is 0 Å². The van der Waals surface area contributed by atoms with Crippen molar-refractivity contribution in [3.63, 3.8) is 0 Å². The van der Waals surface area contributed by atoms with Gasteiger partial charge in [0.25, 0.3) is 0 Å². The van der Waals surface area contributed by atoms with Gasteiger partial charge in [-0.2, -0.15) is 0 Å². The number of hydrogen-bond donors (Lipinski definition) is 3. The fourth-order valence-corrected chi connectivity index (χ4v) is 2.72. The Morgan fingerprint density at radius 1 is 1.21 bits per heavy atom. The van der Waals surface area contributed by atoms with E-state index in [1.165, 1.54) is 0 Å². The van der Waals surface area contributed by atoms with E-state index in [1.54, 1.807) is 20.8 Å². The summed E-state index contributed by atoms with van der Waals surface area (Å²) in [7, 11) is 0. The van der Waals surface area contributed by atoms with Gasteiger partial charge in [-0.3, -0.25) is 14.9 Å². The molecule has 2 rings (SSSR count). The second-order valence-corrected chi connectivity index (χ2v) is 8.01. The van der Waals surface area contributed by atoms with Crippen LogP contribution in [0.1, 0.15) is 32.8 Å². The smallest absolute Gasteiger partial charge is 0.407 e. The predicted octanol–water partition coefficient (Wildman–Crippen LogP) is 1.46. The van der Waals surface area contributed by atoms with Gasteiger partial charge in [-0.15, -0.1) is 0 Å². The third kappa shape index (κ3) is 7.71. The standard InChI is InChI=1S/C20H28N2O7/c1-19(2,3)29-16(23)9-15(17(24)25)22-20(12-27-13-20)11-21-18(26)28-10-14-7-5-4-6-8-14/h4-8,15,22H,9-13H2,1-3H3,(H,21,26)(H,24,25)/t15-/m1/s1. The first-order valence-electron chi connectivity index (χ1n) is 9.33. The predicted molar refractivity (Wildman–Crippen MR) is 103 cm³/mol. The number of carbonyl (C=O) groups is 3. The average Bonchev–Trinajstić information content (AvgIpc) is 2.60. The molecule has 3 N–H and O–H groups in total. The number of amides is 1. The first kappa shape index (κ1) is 22.6. The quantitative estimate of drug-likeness (QED) is 0.525. The van der Waals surface area contributed by atoms with Gasteiger partial charge in [0.1, 0.15) is 18.2 Å². The molecule has 0 unspecified atom stereocenters. The number of esters is 1. The molecule has 1 atom stereocenters. The van der Waals surface area contributed by atoms with E-state index in [0.29, 0.717) is 0 Å². The molecule has 0 saturated carbocycles. The Morgan fingerprint density at radius 2 is 1.86 bits per heavy atom. The van der Waals surface area contributed by atoms with E-state index in [4.69, 9.17) is 14.2 Å². The normalized spacial score (nSPS) is 16.2. The summed E-state index contributed by atoms with van der Waals surface area (Å²) in [5.74, 6) is -1.81. The van der Waals surface area contributed by atoms with Crippen LogP contribution < -0.4 is 10.6 Å². The van der Waals surface area contributed by atoms with Crippen molar-refractivity contribution in [2.24, 2.45) is 0 Å². The summed E-state index contributed by atoms with van der Waals surface area (Å²) in [6.45, 7) is 5.74. The Balaban J connectivity index is 1.86. The van der Waals surface area contributed by atoms with E-state index < -0.39 is 35.2 Å². The molecule has 0 bridgehead atoms. The highest BCUT2D eigenvalue weighted by Crippen LogP contribution is 2.19. The molecule has 0 radical (unpaired) electrons. The Labute approximate surface area is 169 Å². The van der Waals surface area contributed by atoms with Gasteiger partial charge in [0.15, 0.2) is 0 Å². The van der Waals surface area contributed by atoms with Crippen LogP contribution in [-0.4, -0.2) is 60.1 Å². The van der Waals surface area contributed by atoms with Crippen molar-refractivity contribution in [1.29, 1.82) is 0 Å². The Hall–Kier alpha value is -2.65. The van der Waals surface area contributed by atoms with Crippen molar-refractivity contribution >= 4 is 18.0 Å². The lowest BCUT2D eigenvalue weighted by Crippen LogP contribution is -2.69. The molecule has 1 fully saturated rings. The number of benzene rings is 1. The minimum atomic E-state index is -1.19. The molecule has 1 saturated heterocycles. The number of alkyl carbamates (subject to hydrolysis) is 1. The van der Waals surface area contributed by atoms with Crippen molar-refractivity contribution in [3.8, 4) is 0 Å². The van der Waals surface area contributed by atoms with Gasteiger partial charge < -0.3 is 24.6 Å². The van der Waals surface area contributed by atoms with E-state index in [0.717, 1.165) is 5.56 Å². The lowest BCUT2D eigenvalue weighted by atomic mass is 9.95. The van der Waals surface area contributed by atoms with Crippen LogP contribution in [0, 0.1) is 0 Å². The van der Waals surface area contributed by atoms with Crippen LogP contribution in [0.15, 0.2) is 30.3 Å². The summed E-state index contributed by atoms with van der Waals surface area (Å²) in [5.41, 5.74) is -0.649. The van der Waals surface area contributed by atoms with Crippen LogP contribution in [0.3, 0.4) is 0 Å². The molecule has 0 aromatic heterocycles. The number of rotatable bonds is 9. The molecular formula is C20H28N2O7. The third-order valence-corrected chi connectivity index (χ3v) is 4.11. The highest BCUT2D eigenvalue weighted by molar-refractivity contribution is 5.81. The maximum atomic E-state index is 12.0. The van der Waals surface area contributed by atoms with Gasteiger partial charge in [0.05, 0.1) is 25.2 Å². The molecule has 0 spiro atoms. The number of carboxylic acids is 1. The molecule has 1 aliphatic heterocycles. The topological polar surface area (TPSA) is 123 Å². The number of aliphatic carboxylic acids is 1. The van der Waals surface area contributed by atoms with Crippen LogP contribution in [-0.2, 0) is 30.4 Å². The lowest BCUT2D eigenvalue weighted by Gasteiger charge is -2.43. The molecular weight excluding hydrogens is 380 g/mol. The van der Waals surface area contributed by atoms with Crippen LogP contribution in [0.2, 0.25) is 0 Å². The summed E-state index contributed by atoms with van der Waals surface area (Å²) in [5, 5.41) is 15.0. The highest BCUT2D eigenvalue weighted by Gasteiger charge is 2.43. The van der Waals surface area contributed by atoms with E-state index in [2.05, 4.69) is 10.6 Å². The fraction of sp³-hybridized carbons (Fsp3) is 0.550. The van der Waals surface area contributed by atoms with E-state index in [1.807, 2.05) is 30.3 Å². The maximum absolute atomic E-state index is 12.0. The lowest BCUT2D eigenvalue weighted by molar-refractivity contribution is -0.160. The van der Waals surface area contributed by atoms with Crippen LogP contribution in [0.4, 0.5) is 4.79 Å². The summed E-state index contributed by atoms with van der Waals surface area (Å²) in [6, 6.07) is 8.06. The van der Waals surface area contributed by atoms with Crippen molar-refractivity contribution in [1.82, 2.24) is 10.6 Å². The minimum absolute atomic E-state index is 0.0960. The Bertz CT molecular complexity index is 711. The minimum Gasteiger partial charge on any atom is -0.480 e. The molecule has 1 amide bonds. The largest absolute Gasteiger partial charge is 0.480 e. The van der Waals surface area contributed by atoms with Gasteiger partial charge in [-0.1, -0.05) is 30.3 Å². The van der Waals surface area contributed by atoms with Gasteiger partial charge in [0, 0.05) is 6.54 Å². The first-order valence-corrected chi connectivity index (χ1v) is 9.33. The van der Waals surface area contributed by atoms with Crippen molar-refractivity contribution in [2.45, 2.75) is 51.0 Å².